The first-order chi connectivity index (χ1) is 10.8. The zero-order chi connectivity index (χ0) is 16.0. The lowest BCUT2D eigenvalue weighted by atomic mass is 10.1. The predicted octanol–water partition coefficient (Wildman–Crippen LogP) is 5.55. The molecule has 0 fully saturated rings. The summed E-state index contributed by atoms with van der Waals surface area (Å²) in [5.41, 5.74) is 0.755. The standard InChI is InChI=1S/C19H31NO2/c1-3-4-5-6-7-8-9-10-11-16-19(21)20-17-14-12-13-15-18(17)22-2/h12-15H,3-11,16H2,1-2H3,(H,20,21). The fourth-order valence-corrected chi connectivity index (χ4v) is 2.56. The number of amides is 1. The van der Waals surface area contributed by atoms with Gasteiger partial charge in [0.05, 0.1) is 12.8 Å². The second kappa shape index (κ2) is 12.1. The van der Waals surface area contributed by atoms with Gasteiger partial charge >= 0.3 is 0 Å². The van der Waals surface area contributed by atoms with Crippen LogP contribution in [0.3, 0.4) is 0 Å². The normalized spacial score (nSPS) is 10.5. The lowest BCUT2D eigenvalue weighted by Gasteiger charge is -2.09. The summed E-state index contributed by atoms with van der Waals surface area (Å²) in [6.45, 7) is 2.25. The first kappa shape index (κ1) is 18.5. The number of carbonyl (C=O) groups is 1. The van der Waals surface area contributed by atoms with E-state index in [4.69, 9.17) is 4.74 Å². The van der Waals surface area contributed by atoms with Crippen LogP contribution in [-0.2, 0) is 4.79 Å². The maximum absolute atomic E-state index is 11.9. The molecule has 0 aliphatic rings. The SMILES string of the molecule is CCCCCCCCCCCC(=O)Nc1ccccc1OC. The number of carbonyl (C=O) groups excluding carboxylic acids is 1. The monoisotopic (exact) mass is 305 g/mol. The molecule has 22 heavy (non-hydrogen) atoms. The van der Waals surface area contributed by atoms with E-state index in [1.807, 2.05) is 24.3 Å². The third kappa shape index (κ3) is 8.06. The summed E-state index contributed by atoms with van der Waals surface area (Å²) >= 11 is 0. The Kier molecular flexibility index (Phi) is 10.2. The summed E-state index contributed by atoms with van der Waals surface area (Å²) in [5, 5.41) is 2.92. The highest BCUT2D eigenvalue weighted by Crippen LogP contribution is 2.23. The van der Waals surface area contributed by atoms with Crippen molar-refractivity contribution >= 4 is 11.6 Å². The number of benzene rings is 1. The van der Waals surface area contributed by atoms with E-state index in [1.165, 1.54) is 44.9 Å². The second-order valence-corrected chi connectivity index (χ2v) is 5.83. The molecule has 0 atom stereocenters. The van der Waals surface area contributed by atoms with Gasteiger partial charge in [-0.3, -0.25) is 4.79 Å². The number of unbranched alkanes of at least 4 members (excludes halogenated alkanes) is 8. The number of anilines is 1. The molecule has 0 bridgehead atoms. The summed E-state index contributed by atoms with van der Waals surface area (Å²) in [5.74, 6) is 0.787. The summed E-state index contributed by atoms with van der Waals surface area (Å²) < 4.78 is 5.23. The van der Waals surface area contributed by atoms with Crippen molar-refractivity contribution in [3.8, 4) is 5.75 Å². The summed E-state index contributed by atoms with van der Waals surface area (Å²) in [6.07, 6.45) is 12.0. The lowest BCUT2D eigenvalue weighted by molar-refractivity contribution is -0.116. The van der Waals surface area contributed by atoms with Gasteiger partial charge in [0.25, 0.3) is 0 Å². The molecule has 0 aromatic heterocycles. The maximum atomic E-state index is 11.9. The molecule has 3 heteroatoms. The fraction of sp³-hybridized carbons (Fsp3) is 0.632. The molecular weight excluding hydrogens is 274 g/mol. The Labute approximate surface area is 135 Å². The molecular formula is C19H31NO2. The van der Waals surface area contributed by atoms with Crippen molar-refractivity contribution in [3.63, 3.8) is 0 Å². The van der Waals surface area contributed by atoms with E-state index in [9.17, 15) is 4.79 Å². The molecule has 0 aliphatic carbocycles. The van der Waals surface area contributed by atoms with E-state index in [1.54, 1.807) is 7.11 Å². The van der Waals surface area contributed by atoms with Crippen molar-refractivity contribution in [2.24, 2.45) is 0 Å². The highest BCUT2D eigenvalue weighted by Gasteiger charge is 2.06. The third-order valence-electron chi connectivity index (χ3n) is 3.89. The Hall–Kier alpha value is -1.51. The van der Waals surface area contributed by atoms with Crippen LogP contribution in [-0.4, -0.2) is 13.0 Å². The van der Waals surface area contributed by atoms with Crippen LogP contribution in [0.5, 0.6) is 5.75 Å². The summed E-state index contributed by atoms with van der Waals surface area (Å²) in [4.78, 5) is 11.9. The first-order valence-electron chi connectivity index (χ1n) is 8.70. The summed E-state index contributed by atoms with van der Waals surface area (Å²) in [6, 6.07) is 7.52. The van der Waals surface area contributed by atoms with Crippen LogP contribution < -0.4 is 10.1 Å². The molecule has 0 unspecified atom stereocenters. The van der Waals surface area contributed by atoms with Gasteiger partial charge in [-0.05, 0) is 18.6 Å². The van der Waals surface area contributed by atoms with Crippen molar-refractivity contribution in [3.05, 3.63) is 24.3 Å². The zero-order valence-corrected chi connectivity index (χ0v) is 14.2. The average molecular weight is 305 g/mol. The Bertz CT molecular complexity index is 418. The third-order valence-corrected chi connectivity index (χ3v) is 3.89. The number of hydrogen-bond acceptors (Lipinski definition) is 2. The molecule has 3 nitrogen and oxygen atoms in total. The minimum absolute atomic E-state index is 0.0763. The predicted molar refractivity (Wildman–Crippen MR) is 93.5 cm³/mol. The van der Waals surface area contributed by atoms with E-state index >= 15 is 0 Å². The Morgan fingerprint density at radius 3 is 2.18 bits per heavy atom. The van der Waals surface area contributed by atoms with Gasteiger partial charge in [0.1, 0.15) is 5.75 Å². The van der Waals surface area contributed by atoms with E-state index in [-0.39, 0.29) is 5.91 Å². The van der Waals surface area contributed by atoms with Crippen molar-refractivity contribution < 1.29 is 9.53 Å². The number of ether oxygens (including phenoxy) is 1. The molecule has 0 spiro atoms. The van der Waals surface area contributed by atoms with Crippen LogP contribution in [0.25, 0.3) is 0 Å². The second-order valence-electron chi connectivity index (χ2n) is 5.83. The quantitative estimate of drug-likeness (QED) is 0.514. The number of methoxy groups -OCH3 is 1. The number of hydrogen-bond donors (Lipinski definition) is 1. The fourth-order valence-electron chi connectivity index (χ4n) is 2.56. The number of rotatable bonds is 12. The van der Waals surface area contributed by atoms with Crippen molar-refractivity contribution in [1.29, 1.82) is 0 Å². The largest absolute Gasteiger partial charge is 0.495 e. The molecule has 0 aliphatic heterocycles. The van der Waals surface area contributed by atoms with Crippen LogP contribution >= 0.6 is 0 Å². The van der Waals surface area contributed by atoms with Gasteiger partial charge < -0.3 is 10.1 Å². The molecule has 1 rings (SSSR count). The van der Waals surface area contributed by atoms with Crippen LogP contribution in [0, 0.1) is 0 Å². The van der Waals surface area contributed by atoms with Gasteiger partial charge in [0.2, 0.25) is 5.91 Å². The van der Waals surface area contributed by atoms with Crippen LogP contribution in [0.1, 0.15) is 71.1 Å². The van der Waals surface area contributed by atoms with E-state index in [2.05, 4.69) is 12.2 Å². The average Bonchev–Trinajstić information content (AvgIpc) is 2.54. The van der Waals surface area contributed by atoms with Gasteiger partial charge in [-0.25, -0.2) is 0 Å². The minimum Gasteiger partial charge on any atom is -0.495 e. The number of nitrogens with one attached hydrogen (secondary N) is 1. The van der Waals surface area contributed by atoms with Crippen molar-refractivity contribution in [1.82, 2.24) is 0 Å². The number of para-hydroxylation sites is 2. The van der Waals surface area contributed by atoms with Crippen molar-refractivity contribution in [2.45, 2.75) is 71.1 Å². The van der Waals surface area contributed by atoms with Gasteiger partial charge in [0, 0.05) is 6.42 Å². The van der Waals surface area contributed by atoms with Gasteiger partial charge in [-0.2, -0.15) is 0 Å². The molecule has 1 aromatic carbocycles. The highest BCUT2D eigenvalue weighted by molar-refractivity contribution is 5.92. The zero-order valence-electron chi connectivity index (χ0n) is 14.2. The summed E-state index contributed by atoms with van der Waals surface area (Å²) in [7, 11) is 1.62. The van der Waals surface area contributed by atoms with Crippen molar-refractivity contribution in [2.75, 3.05) is 12.4 Å². The van der Waals surface area contributed by atoms with E-state index < -0.39 is 0 Å². The van der Waals surface area contributed by atoms with Crippen LogP contribution in [0.15, 0.2) is 24.3 Å². The van der Waals surface area contributed by atoms with Gasteiger partial charge in [-0.1, -0.05) is 70.4 Å². The van der Waals surface area contributed by atoms with Gasteiger partial charge in [-0.15, -0.1) is 0 Å². The van der Waals surface area contributed by atoms with Crippen LogP contribution in [0.4, 0.5) is 5.69 Å². The smallest absolute Gasteiger partial charge is 0.224 e. The molecule has 0 saturated carbocycles. The maximum Gasteiger partial charge on any atom is 0.224 e. The molecule has 0 radical (unpaired) electrons. The Balaban J connectivity index is 2.06. The Morgan fingerprint density at radius 2 is 1.55 bits per heavy atom. The molecule has 1 aromatic rings. The van der Waals surface area contributed by atoms with E-state index in [0.29, 0.717) is 12.2 Å². The molecule has 1 N–H and O–H groups in total. The molecule has 124 valence electrons. The minimum atomic E-state index is 0.0763. The Morgan fingerprint density at radius 1 is 0.955 bits per heavy atom. The van der Waals surface area contributed by atoms with Gasteiger partial charge in [0.15, 0.2) is 0 Å². The van der Waals surface area contributed by atoms with Crippen LogP contribution in [0.2, 0.25) is 0 Å². The topological polar surface area (TPSA) is 38.3 Å². The lowest BCUT2D eigenvalue weighted by Crippen LogP contribution is -2.11. The highest BCUT2D eigenvalue weighted by atomic mass is 16.5. The molecule has 1 amide bonds. The molecule has 0 saturated heterocycles. The van der Waals surface area contributed by atoms with E-state index in [0.717, 1.165) is 18.5 Å². The first-order valence-corrected chi connectivity index (χ1v) is 8.70. The molecule has 0 heterocycles.